The third-order valence-electron chi connectivity index (χ3n) is 2.76. The third kappa shape index (κ3) is 21.9. The predicted octanol–water partition coefficient (Wildman–Crippen LogP) is -2.91. The Morgan fingerprint density at radius 1 is 0.500 bits per heavy atom. The largest absolute Gasteiger partial charge is 1.00 e. The number of quaternary nitrogens is 2. The van der Waals surface area contributed by atoms with Gasteiger partial charge in [-0.1, -0.05) is 0 Å². The van der Waals surface area contributed by atoms with Crippen molar-refractivity contribution in [1.82, 2.24) is 0 Å². The summed E-state index contributed by atoms with van der Waals surface area (Å²) in [5.41, 5.74) is 0. The van der Waals surface area contributed by atoms with E-state index in [9.17, 15) is 0 Å². The number of rotatable bonds is 8. The lowest BCUT2D eigenvalue weighted by molar-refractivity contribution is -0.885. The summed E-state index contributed by atoms with van der Waals surface area (Å²) in [6.45, 7) is 3.98. The van der Waals surface area contributed by atoms with E-state index in [1.54, 1.807) is 0 Å². The minimum Gasteiger partial charge on any atom is -1.00 e. The van der Waals surface area contributed by atoms with Crippen molar-refractivity contribution in [3.05, 3.63) is 0 Å². The molecule has 0 aromatic heterocycles. The molecule has 0 rings (SSSR count). The van der Waals surface area contributed by atoms with Crippen LogP contribution in [0.2, 0.25) is 0 Å². The van der Waals surface area contributed by atoms with E-state index in [4.69, 9.17) is 46.4 Å². The minimum absolute atomic E-state index is 0. The summed E-state index contributed by atoms with van der Waals surface area (Å²) in [7, 11) is 8.52. The molecule has 0 aliphatic carbocycles. The molecule has 0 spiro atoms. The zero-order chi connectivity index (χ0) is 14.7. The molecule has 20 heavy (non-hydrogen) atoms. The lowest BCUT2D eigenvalue weighted by atomic mass is 10.5. The number of halogens is 6. The van der Waals surface area contributed by atoms with Gasteiger partial charge in [-0.25, -0.2) is 0 Å². The summed E-state index contributed by atoms with van der Waals surface area (Å²) >= 11 is 22.3. The van der Waals surface area contributed by atoms with Gasteiger partial charge in [0.1, 0.15) is 0 Å². The summed E-state index contributed by atoms with van der Waals surface area (Å²) in [4.78, 5) is 0. The molecular weight excluding hydrogens is 385 g/mol. The first-order valence-corrected chi connectivity index (χ1v) is 8.26. The average Bonchev–Trinajstić information content (AvgIpc) is 2.17. The first kappa shape index (κ1) is 29.6. The molecule has 0 aliphatic rings. The van der Waals surface area contributed by atoms with Gasteiger partial charge in [-0.3, -0.25) is 0 Å². The molecule has 0 atom stereocenters. The van der Waals surface area contributed by atoms with Crippen molar-refractivity contribution >= 4 is 46.4 Å². The fourth-order valence-electron chi connectivity index (χ4n) is 1.14. The Morgan fingerprint density at radius 2 is 0.650 bits per heavy atom. The average molecular weight is 413 g/mol. The molecule has 0 aromatic rings. The Labute approximate surface area is 157 Å². The quantitative estimate of drug-likeness (QED) is 0.296. The van der Waals surface area contributed by atoms with Crippen LogP contribution in [-0.4, -0.2) is 86.9 Å². The standard InChI is InChI=1S/2C6H14Cl2N.2ClH/c2*1-9(2,5-3-7)6-4-8;;/h2*3-6H2,1-2H3;2*1H/q2*+1;;/p-2. The smallest absolute Gasteiger partial charge is 0.0920 e. The Balaban J connectivity index is -0.000000116. The number of alkyl halides is 4. The Hall–Kier alpha value is 1.66. The highest BCUT2D eigenvalue weighted by atomic mass is 35.5. The molecule has 0 aliphatic heterocycles. The highest BCUT2D eigenvalue weighted by Crippen LogP contribution is 1.98. The van der Waals surface area contributed by atoms with Crippen LogP contribution in [0.1, 0.15) is 0 Å². The van der Waals surface area contributed by atoms with Crippen LogP contribution in [0.5, 0.6) is 0 Å². The number of hydrogen-bond donors (Lipinski definition) is 0. The highest BCUT2D eigenvalue weighted by Gasteiger charge is 2.12. The molecule has 8 heteroatoms. The number of hydrogen-bond acceptors (Lipinski definition) is 0. The second kappa shape index (κ2) is 17.0. The van der Waals surface area contributed by atoms with Gasteiger partial charge < -0.3 is 33.8 Å². The fourth-order valence-corrected chi connectivity index (χ4v) is 2.97. The summed E-state index contributed by atoms with van der Waals surface area (Å²) in [6, 6.07) is 0. The van der Waals surface area contributed by atoms with Crippen molar-refractivity contribution in [3.8, 4) is 0 Å². The monoisotopic (exact) mass is 410 g/mol. The van der Waals surface area contributed by atoms with Gasteiger partial charge in [-0.15, -0.1) is 46.4 Å². The van der Waals surface area contributed by atoms with Gasteiger partial charge in [0.2, 0.25) is 0 Å². The van der Waals surface area contributed by atoms with E-state index in [1.165, 1.54) is 0 Å². The van der Waals surface area contributed by atoms with E-state index in [2.05, 4.69) is 28.2 Å². The van der Waals surface area contributed by atoms with Gasteiger partial charge in [0.15, 0.2) is 0 Å². The second-order valence-corrected chi connectivity index (χ2v) is 7.03. The Bertz CT molecular complexity index is 155. The Morgan fingerprint density at radius 3 is 0.750 bits per heavy atom. The van der Waals surface area contributed by atoms with Crippen LogP contribution >= 0.6 is 46.4 Å². The van der Waals surface area contributed by atoms with Gasteiger partial charge in [-0.05, 0) is 0 Å². The second-order valence-electron chi connectivity index (χ2n) is 5.52. The van der Waals surface area contributed by atoms with Crippen molar-refractivity contribution in [1.29, 1.82) is 0 Å². The van der Waals surface area contributed by atoms with E-state index in [0.29, 0.717) is 23.5 Å². The van der Waals surface area contributed by atoms with Crippen LogP contribution in [0.4, 0.5) is 0 Å². The molecule has 0 bridgehead atoms. The molecule has 0 saturated heterocycles. The maximum Gasteiger partial charge on any atom is 0.0920 e. The van der Waals surface area contributed by atoms with E-state index >= 15 is 0 Å². The van der Waals surface area contributed by atoms with Gasteiger partial charge in [0, 0.05) is 0 Å². The van der Waals surface area contributed by atoms with Crippen LogP contribution in [0.25, 0.3) is 0 Å². The maximum atomic E-state index is 5.56. The fraction of sp³-hybridized carbons (Fsp3) is 1.00. The van der Waals surface area contributed by atoms with E-state index in [-0.39, 0.29) is 24.8 Å². The third-order valence-corrected chi connectivity index (χ3v) is 3.44. The summed E-state index contributed by atoms with van der Waals surface area (Å²) in [5.74, 6) is 2.85. The van der Waals surface area contributed by atoms with Crippen molar-refractivity contribution in [3.63, 3.8) is 0 Å². The molecule has 0 unspecified atom stereocenters. The normalized spacial score (nSPS) is 10.8. The number of nitrogens with zero attached hydrogens (tertiary/aromatic N) is 2. The van der Waals surface area contributed by atoms with Crippen molar-refractivity contribution < 1.29 is 33.8 Å². The summed E-state index contributed by atoms with van der Waals surface area (Å²) in [5, 5.41) is 0. The molecule has 0 saturated carbocycles. The zero-order valence-corrected chi connectivity index (χ0v) is 17.4. The summed E-state index contributed by atoms with van der Waals surface area (Å²) < 4.78 is 1.85. The minimum atomic E-state index is 0. The SMILES string of the molecule is C[N+](C)(CCCl)CCCl.C[N+](C)(CCCl)CCCl.[Cl-].[Cl-]. The molecule has 0 heterocycles. The lowest BCUT2D eigenvalue weighted by Gasteiger charge is -2.27. The molecule has 0 N–H and O–H groups in total. The zero-order valence-electron chi connectivity index (χ0n) is 12.8. The lowest BCUT2D eigenvalue weighted by Crippen LogP contribution is -3.00. The van der Waals surface area contributed by atoms with Gasteiger partial charge in [-0.2, -0.15) is 0 Å². The van der Waals surface area contributed by atoms with Crippen LogP contribution in [0, 0.1) is 0 Å². The van der Waals surface area contributed by atoms with E-state index < -0.39 is 0 Å². The van der Waals surface area contributed by atoms with Crippen molar-refractivity contribution in [2.45, 2.75) is 0 Å². The first-order valence-electron chi connectivity index (χ1n) is 6.12. The van der Waals surface area contributed by atoms with Crippen molar-refractivity contribution in [2.75, 3.05) is 77.9 Å². The van der Waals surface area contributed by atoms with Crippen LogP contribution in [0.3, 0.4) is 0 Å². The van der Waals surface area contributed by atoms with E-state index in [0.717, 1.165) is 35.1 Å². The van der Waals surface area contributed by atoms with Gasteiger partial charge >= 0.3 is 0 Å². The van der Waals surface area contributed by atoms with Gasteiger partial charge in [0.25, 0.3) is 0 Å². The first-order chi connectivity index (χ1) is 8.24. The van der Waals surface area contributed by atoms with Crippen LogP contribution < -0.4 is 24.8 Å². The molecule has 128 valence electrons. The molecule has 0 radical (unpaired) electrons. The molecule has 0 aromatic carbocycles. The van der Waals surface area contributed by atoms with Crippen LogP contribution in [0.15, 0.2) is 0 Å². The molecule has 0 amide bonds. The predicted molar refractivity (Wildman–Crippen MR) is 86.6 cm³/mol. The van der Waals surface area contributed by atoms with Crippen LogP contribution in [-0.2, 0) is 0 Å². The van der Waals surface area contributed by atoms with Gasteiger partial charge in [0.05, 0.1) is 77.9 Å². The maximum absolute atomic E-state index is 5.56. The topological polar surface area (TPSA) is 0 Å². The van der Waals surface area contributed by atoms with Crippen molar-refractivity contribution in [2.24, 2.45) is 0 Å². The van der Waals surface area contributed by atoms with E-state index in [1.807, 2.05) is 0 Å². The molecule has 2 nitrogen and oxygen atoms in total. The molecular formula is C12H28Cl6N2. The summed E-state index contributed by atoms with van der Waals surface area (Å²) in [6.07, 6.45) is 0. The highest BCUT2D eigenvalue weighted by molar-refractivity contribution is 6.18. The molecule has 0 fully saturated rings. The Kier molecular flexibility index (Phi) is 25.2.